The van der Waals surface area contributed by atoms with E-state index in [-0.39, 0.29) is 5.75 Å². The molecule has 3 aromatic carbocycles. The number of rotatable bonds is 5. The van der Waals surface area contributed by atoms with Crippen molar-refractivity contribution in [2.45, 2.75) is 25.7 Å². The van der Waals surface area contributed by atoms with Crippen molar-refractivity contribution in [3.05, 3.63) is 92.8 Å². The summed E-state index contributed by atoms with van der Waals surface area (Å²) in [5.41, 5.74) is 4.35. The number of aryl methyl sites for hydroxylation is 1. The quantitative estimate of drug-likeness (QED) is 0.109. The summed E-state index contributed by atoms with van der Waals surface area (Å²) in [6.45, 7) is 0. The van der Waals surface area contributed by atoms with Crippen molar-refractivity contribution in [2.75, 3.05) is 5.32 Å². The van der Waals surface area contributed by atoms with Crippen LogP contribution in [0.2, 0.25) is 5.02 Å². The molecule has 1 aliphatic rings. The van der Waals surface area contributed by atoms with E-state index in [4.69, 9.17) is 16.3 Å². The second-order valence-corrected chi connectivity index (χ2v) is 10.3. The van der Waals surface area contributed by atoms with Gasteiger partial charge in [-0.25, -0.2) is 10.2 Å². The first-order valence-electron chi connectivity index (χ1n) is 12.1. The lowest BCUT2D eigenvalue weighted by Gasteiger charge is -2.10. The van der Waals surface area contributed by atoms with Crippen LogP contribution >= 0.6 is 22.9 Å². The fraction of sp³-hybridized carbons (Fsp3) is 0.138. The van der Waals surface area contributed by atoms with E-state index >= 15 is 0 Å². The summed E-state index contributed by atoms with van der Waals surface area (Å²) in [4.78, 5) is 38.9. The van der Waals surface area contributed by atoms with Crippen LogP contribution in [-0.4, -0.2) is 24.0 Å². The maximum absolute atomic E-state index is 12.7. The zero-order chi connectivity index (χ0) is 27.4. The van der Waals surface area contributed by atoms with Gasteiger partial charge in [-0.2, -0.15) is 10.4 Å². The van der Waals surface area contributed by atoms with Gasteiger partial charge < -0.3 is 10.1 Å². The average Bonchev–Trinajstić information content (AvgIpc) is 3.30. The summed E-state index contributed by atoms with van der Waals surface area (Å²) in [5, 5.41) is 18.5. The van der Waals surface area contributed by atoms with Crippen LogP contribution in [0.5, 0.6) is 5.75 Å². The molecular formula is C29H21ClN4O4S. The number of hydrogen-bond acceptors (Lipinski definition) is 7. The molecule has 1 aromatic heterocycles. The number of carbonyl (C=O) groups excluding carboxylic acids is 3. The number of nitrogens with zero attached hydrogens (tertiary/aromatic N) is 2. The van der Waals surface area contributed by atoms with Gasteiger partial charge in [0.25, 0.3) is 0 Å². The minimum absolute atomic E-state index is 0.221. The Morgan fingerprint density at radius 2 is 1.77 bits per heavy atom. The van der Waals surface area contributed by atoms with Gasteiger partial charge in [0.1, 0.15) is 16.8 Å². The van der Waals surface area contributed by atoms with Gasteiger partial charge in [-0.05, 0) is 72.4 Å². The molecule has 0 unspecified atom stereocenters. The molecule has 0 atom stereocenters. The molecular weight excluding hydrogens is 536 g/mol. The number of anilines is 1. The van der Waals surface area contributed by atoms with Gasteiger partial charge in [0.2, 0.25) is 0 Å². The van der Waals surface area contributed by atoms with Crippen LogP contribution in [0.4, 0.5) is 5.00 Å². The predicted octanol–water partition coefficient (Wildman–Crippen LogP) is 5.61. The highest BCUT2D eigenvalue weighted by molar-refractivity contribution is 7.16. The number of hydrazone groups is 1. The molecule has 0 bridgehead atoms. The maximum atomic E-state index is 12.7. The molecule has 10 heteroatoms. The van der Waals surface area contributed by atoms with Gasteiger partial charge in [0.05, 0.1) is 17.3 Å². The summed E-state index contributed by atoms with van der Waals surface area (Å²) in [6, 6.07) is 19.3. The lowest BCUT2D eigenvalue weighted by molar-refractivity contribution is -0.136. The van der Waals surface area contributed by atoms with Crippen molar-refractivity contribution in [2.24, 2.45) is 5.10 Å². The molecule has 0 fully saturated rings. The molecule has 194 valence electrons. The van der Waals surface area contributed by atoms with Crippen LogP contribution in [0.1, 0.15) is 44.8 Å². The van der Waals surface area contributed by atoms with Crippen molar-refractivity contribution in [1.29, 1.82) is 5.26 Å². The number of halogens is 1. The van der Waals surface area contributed by atoms with Crippen LogP contribution in [0, 0.1) is 11.3 Å². The normalized spacial score (nSPS) is 12.5. The zero-order valence-electron chi connectivity index (χ0n) is 20.5. The highest BCUT2D eigenvalue weighted by Gasteiger charge is 2.23. The van der Waals surface area contributed by atoms with Crippen LogP contribution in [-0.2, 0) is 22.4 Å². The summed E-state index contributed by atoms with van der Waals surface area (Å²) in [7, 11) is 0. The van der Waals surface area contributed by atoms with Crippen molar-refractivity contribution >= 4 is 62.7 Å². The van der Waals surface area contributed by atoms with E-state index in [1.54, 1.807) is 36.4 Å². The largest absolute Gasteiger partial charge is 0.422 e. The van der Waals surface area contributed by atoms with Gasteiger partial charge in [-0.1, -0.05) is 41.9 Å². The van der Waals surface area contributed by atoms with E-state index in [1.807, 2.05) is 24.3 Å². The smallest absolute Gasteiger partial charge is 0.343 e. The number of nitrogens with one attached hydrogen (secondary N) is 2. The number of carbonyl (C=O) groups is 3. The van der Waals surface area contributed by atoms with Crippen LogP contribution in [0.25, 0.3) is 10.8 Å². The highest BCUT2D eigenvalue weighted by atomic mass is 35.5. The first-order chi connectivity index (χ1) is 18.9. The fourth-order valence-electron chi connectivity index (χ4n) is 4.38. The summed E-state index contributed by atoms with van der Waals surface area (Å²) in [5.74, 6) is -2.30. The first kappa shape index (κ1) is 26.1. The molecule has 39 heavy (non-hydrogen) atoms. The monoisotopic (exact) mass is 556 g/mol. The molecule has 0 saturated carbocycles. The Morgan fingerprint density at radius 3 is 2.56 bits per heavy atom. The van der Waals surface area contributed by atoms with E-state index in [9.17, 15) is 19.6 Å². The topological polar surface area (TPSA) is 121 Å². The molecule has 8 nitrogen and oxygen atoms in total. The highest BCUT2D eigenvalue weighted by Crippen LogP contribution is 2.37. The number of fused-ring (bicyclic) bond motifs is 2. The van der Waals surface area contributed by atoms with Crippen molar-refractivity contribution in [3.63, 3.8) is 0 Å². The number of ether oxygens (including phenoxy) is 1. The molecule has 0 aliphatic heterocycles. The first-order valence-corrected chi connectivity index (χ1v) is 13.3. The third-order valence-electron chi connectivity index (χ3n) is 6.29. The molecule has 0 saturated heterocycles. The van der Waals surface area contributed by atoms with E-state index < -0.39 is 17.8 Å². The summed E-state index contributed by atoms with van der Waals surface area (Å²) in [6.07, 6.45) is 4.99. The number of hydrogen-bond donors (Lipinski definition) is 2. The molecule has 4 aromatic rings. The van der Waals surface area contributed by atoms with Crippen molar-refractivity contribution in [3.8, 4) is 11.8 Å². The Kier molecular flexibility index (Phi) is 7.68. The number of thiophene rings is 1. The standard InChI is InChI=1S/C29H21ClN4O4S/c30-19-12-9-18(10-13-19)29(37)38-24-14-11-17-5-1-2-6-20(17)23(24)16-32-34-27(36)26(35)33-28-22(15-31)21-7-3-4-8-25(21)39-28/h1-2,5-6,9-14,16H,3-4,7-8H2,(H,33,35)(H,34,36)/b32-16+. The molecule has 0 spiro atoms. The Bertz CT molecular complexity index is 1670. The second-order valence-electron chi connectivity index (χ2n) is 8.77. The average molecular weight is 557 g/mol. The predicted molar refractivity (Wildman–Crippen MR) is 150 cm³/mol. The SMILES string of the molecule is N#Cc1c(NC(=O)C(=O)N/N=C/c2c(OC(=O)c3ccc(Cl)cc3)ccc3ccccc23)sc2c1CCCC2. The number of nitriles is 1. The van der Waals surface area contributed by atoms with E-state index in [0.717, 1.165) is 46.9 Å². The summed E-state index contributed by atoms with van der Waals surface area (Å²) < 4.78 is 5.63. The minimum atomic E-state index is -0.999. The maximum Gasteiger partial charge on any atom is 0.343 e. The zero-order valence-corrected chi connectivity index (χ0v) is 22.1. The minimum Gasteiger partial charge on any atom is -0.422 e. The van der Waals surface area contributed by atoms with Gasteiger partial charge in [0, 0.05) is 15.5 Å². The third-order valence-corrected chi connectivity index (χ3v) is 7.75. The molecule has 5 rings (SSSR count). The van der Waals surface area contributed by atoms with Crippen LogP contribution in [0.15, 0.2) is 65.8 Å². The molecule has 1 heterocycles. The van der Waals surface area contributed by atoms with Crippen LogP contribution in [0.3, 0.4) is 0 Å². The Labute approximate surface area is 232 Å². The second kappa shape index (κ2) is 11.5. The number of esters is 1. The van der Waals surface area contributed by atoms with Crippen molar-refractivity contribution < 1.29 is 19.1 Å². The van der Waals surface area contributed by atoms with Gasteiger partial charge >= 0.3 is 17.8 Å². The molecule has 2 amide bonds. The lowest BCUT2D eigenvalue weighted by Crippen LogP contribution is -2.32. The number of benzene rings is 3. The summed E-state index contributed by atoms with van der Waals surface area (Å²) >= 11 is 7.24. The molecule has 0 radical (unpaired) electrons. The van der Waals surface area contributed by atoms with E-state index in [2.05, 4.69) is 21.9 Å². The third kappa shape index (κ3) is 5.67. The van der Waals surface area contributed by atoms with E-state index in [1.165, 1.54) is 17.6 Å². The Morgan fingerprint density at radius 1 is 1.00 bits per heavy atom. The molecule has 2 N–H and O–H groups in total. The van der Waals surface area contributed by atoms with E-state index in [0.29, 0.717) is 26.7 Å². The number of amides is 2. The Balaban J connectivity index is 1.34. The fourth-order valence-corrected chi connectivity index (χ4v) is 5.74. The molecule has 1 aliphatic carbocycles. The van der Waals surface area contributed by atoms with Crippen LogP contribution < -0.4 is 15.5 Å². The Hall–Kier alpha value is -4.52. The van der Waals surface area contributed by atoms with Crippen molar-refractivity contribution in [1.82, 2.24) is 5.43 Å². The lowest BCUT2D eigenvalue weighted by atomic mass is 9.96. The van der Waals surface area contributed by atoms with Gasteiger partial charge in [-0.15, -0.1) is 11.3 Å². The van der Waals surface area contributed by atoms with Gasteiger partial charge in [0.15, 0.2) is 0 Å². The van der Waals surface area contributed by atoms with Gasteiger partial charge in [-0.3, -0.25) is 9.59 Å².